The molecule has 0 aliphatic rings. The van der Waals surface area contributed by atoms with E-state index in [9.17, 15) is 10.2 Å². The molecule has 2 N–H and O–H groups in total. The smallest absolute Gasteiger partial charge is 0.115 e. The number of hydrogen-bond donors (Lipinski definition) is 2. The Morgan fingerprint density at radius 3 is 1.55 bits per heavy atom. The fourth-order valence-electron chi connectivity index (χ4n) is 2.62. The van der Waals surface area contributed by atoms with Crippen LogP contribution in [0.5, 0.6) is 11.5 Å². The lowest BCUT2D eigenvalue weighted by atomic mass is 9.81. The highest BCUT2D eigenvalue weighted by molar-refractivity contribution is 14.1. The Balaban J connectivity index is 2.32. The Labute approximate surface area is 133 Å². The van der Waals surface area contributed by atoms with E-state index in [-0.39, 0.29) is 0 Å². The molecule has 2 atom stereocenters. The number of benzene rings is 2. The van der Waals surface area contributed by atoms with Gasteiger partial charge in [0.25, 0.3) is 0 Å². The molecule has 0 saturated carbocycles. The molecule has 0 saturated heterocycles. The maximum Gasteiger partial charge on any atom is 0.115 e. The molecule has 0 aromatic heterocycles. The van der Waals surface area contributed by atoms with Crippen molar-refractivity contribution in [3.63, 3.8) is 0 Å². The first-order valence-corrected chi connectivity index (χ1v) is 8.32. The molecule has 0 heterocycles. The van der Waals surface area contributed by atoms with Crippen LogP contribution in [0, 0.1) is 0 Å². The molecule has 0 fully saturated rings. The van der Waals surface area contributed by atoms with Crippen molar-refractivity contribution in [2.24, 2.45) is 0 Å². The number of hydrogen-bond acceptors (Lipinski definition) is 2. The second-order valence-corrected chi connectivity index (χ2v) is 5.84. The summed E-state index contributed by atoms with van der Waals surface area (Å²) in [5.41, 5.74) is 2.50. The number of rotatable bonds is 5. The molecule has 20 heavy (non-hydrogen) atoms. The van der Waals surface area contributed by atoms with E-state index in [2.05, 4.69) is 29.5 Å². The van der Waals surface area contributed by atoms with Crippen molar-refractivity contribution in [1.29, 1.82) is 0 Å². The van der Waals surface area contributed by atoms with Gasteiger partial charge in [-0.25, -0.2) is 0 Å². The van der Waals surface area contributed by atoms with Crippen LogP contribution in [0.2, 0.25) is 0 Å². The second-order valence-electron chi connectivity index (χ2n) is 4.96. The number of halogens is 1. The van der Waals surface area contributed by atoms with Gasteiger partial charge in [0.2, 0.25) is 0 Å². The van der Waals surface area contributed by atoms with Crippen LogP contribution in [0.1, 0.15) is 36.3 Å². The van der Waals surface area contributed by atoms with Crippen molar-refractivity contribution in [2.45, 2.75) is 25.2 Å². The third kappa shape index (κ3) is 3.45. The maximum atomic E-state index is 9.43. The van der Waals surface area contributed by atoms with E-state index in [1.807, 2.05) is 24.3 Å². The van der Waals surface area contributed by atoms with Crippen molar-refractivity contribution in [2.75, 3.05) is 4.43 Å². The molecule has 0 radical (unpaired) electrons. The van der Waals surface area contributed by atoms with Gasteiger partial charge in [-0.15, -0.1) is 0 Å². The SMILES string of the molecule is CC[C@H](c1ccc(O)cc1)[C@@H](C[125I])c1ccc(O)cc1. The number of phenolic OH excluding ortho intramolecular Hbond substituents is 2. The van der Waals surface area contributed by atoms with Gasteiger partial charge in [0.15, 0.2) is 0 Å². The highest BCUT2D eigenvalue weighted by Gasteiger charge is 2.22. The lowest BCUT2D eigenvalue weighted by molar-refractivity contribution is 0.472. The summed E-state index contributed by atoms with van der Waals surface area (Å²) < 4.78 is 1.02. The summed E-state index contributed by atoms with van der Waals surface area (Å²) in [5.74, 6) is 1.43. The Morgan fingerprint density at radius 2 is 1.20 bits per heavy atom. The summed E-state index contributed by atoms with van der Waals surface area (Å²) in [6, 6.07) is 15.0. The average Bonchev–Trinajstić information content (AvgIpc) is 2.47. The lowest BCUT2D eigenvalue weighted by Crippen LogP contribution is -2.12. The van der Waals surface area contributed by atoms with E-state index in [1.54, 1.807) is 24.3 Å². The van der Waals surface area contributed by atoms with Gasteiger partial charge in [0.05, 0.1) is 0 Å². The van der Waals surface area contributed by atoms with E-state index in [1.165, 1.54) is 11.1 Å². The molecule has 2 aromatic rings. The molecule has 2 aromatic carbocycles. The molecule has 106 valence electrons. The Morgan fingerprint density at radius 1 is 0.800 bits per heavy atom. The first-order chi connectivity index (χ1) is 9.65. The summed E-state index contributed by atoms with van der Waals surface area (Å²) in [6.07, 6.45) is 1.04. The molecule has 0 spiro atoms. The zero-order valence-electron chi connectivity index (χ0n) is 11.5. The van der Waals surface area contributed by atoms with Crippen molar-refractivity contribution >= 4 is 22.6 Å². The molecule has 3 heteroatoms. The first-order valence-electron chi connectivity index (χ1n) is 6.79. The predicted octanol–water partition coefficient (Wildman–Crippen LogP) is 4.81. The van der Waals surface area contributed by atoms with Crippen LogP contribution in [0.15, 0.2) is 48.5 Å². The van der Waals surface area contributed by atoms with Crippen molar-refractivity contribution < 1.29 is 10.2 Å². The van der Waals surface area contributed by atoms with E-state index >= 15 is 0 Å². The van der Waals surface area contributed by atoms with Gasteiger partial charge >= 0.3 is 0 Å². The summed E-state index contributed by atoms with van der Waals surface area (Å²) in [6.45, 7) is 2.19. The van der Waals surface area contributed by atoms with Gasteiger partial charge < -0.3 is 10.2 Å². The van der Waals surface area contributed by atoms with Gasteiger partial charge in [0.1, 0.15) is 11.5 Å². The number of alkyl halides is 1. The fraction of sp³-hybridized carbons (Fsp3) is 0.294. The average molecular weight is 380 g/mol. The summed E-state index contributed by atoms with van der Waals surface area (Å²) in [5, 5.41) is 18.9. The summed E-state index contributed by atoms with van der Waals surface area (Å²) >= 11 is 2.42. The van der Waals surface area contributed by atoms with Gasteiger partial charge in [-0.3, -0.25) is 0 Å². The zero-order valence-corrected chi connectivity index (χ0v) is 13.6. The van der Waals surface area contributed by atoms with Crippen molar-refractivity contribution in [1.82, 2.24) is 0 Å². The highest BCUT2D eigenvalue weighted by Crippen LogP contribution is 2.37. The van der Waals surface area contributed by atoms with Gasteiger partial charge in [-0.2, -0.15) is 0 Å². The van der Waals surface area contributed by atoms with Gasteiger partial charge in [0, 0.05) is 4.43 Å². The number of phenols is 2. The second kappa shape index (κ2) is 6.97. The molecule has 2 nitrogen and oxygen atoms in total. The molecule has 0 amide bonds. The highest BCUT2D eigenvalue weighted by atomic mass is 125. The van der Waals surface area contributed by atoms with Gasteiger partial charge in [-0.1, -0.05) is 53.8 Å². The Bertz CT molecular complexity index is 482. The quantitative estimate of drug-likeness (QED) is 0.577. The normalized spacial score (nSPS) is 13.9. The van der Waals surface area contributed by atoms with Crippen LogP contribution in [0.25, 0.3) is 0 Å². The standard InChI is InChI=1S/C17H19IO2/c1-2-16(12-3-7-14(19)8-4-12)17(11-18)13-5-9-15(20)10-6-13/h3-10,16-17,19-20H,2,11H2,1H3/t16-,17+/m1/s1/i18-2. The largest absolute Gasteiger partial charge is 0.508 e. The molecule has 0 aliphatic carbocycles. The topological polar surface area (TPSA) is 40.5 Å². The Hall–Kier alpha value is -1.23. The van der Waals surface area contributed by atoms with Gasteiger partial charge in [-0.05, 0) is 53.6 Å². The van der Waals surface area contributed by atoms with Crippen LogP contribution >= 0.6 is 22.6 Å². The van der Waals surface area contributed by atoms with Crippen LogP contribution in [-0.2, 0) is 0 Å². The third-order valence-corrected chi connectivity index (χ3v) is 4.68. The molecule has 2 rings (SSSR count). The van der Waals surface area contributed by atoms with Crippen LogP contribution in [0.4, 0.5) is 0 Å². The van der Waals surface area contributed by atoms with E-state index in [4.69, 9.17) is 0 Å². The summed E-state index contributed by atoms with van der Waals surface area (Å²) in [4.78, 5) is 0. The molecular weight excluding hydrogens is 361 g/mol. The fourth-order valence-corrected chi connectivity index (χ4v) is 3.75. The monoisotopic (exact) mass is 380 g/mol. The van der Waals surface area contributed by atoms with Crippen LogP contribution in [-0.4, -0.2) is 14.6 Å². The van der Waals surface area contributed by atoms with Crippen molar-refractivity contribution in [3.05, 3.63) is 59.7 Å². The van der Waals surface area contributed by atoms with Crippen molar-refractivity contribution in [3.8, 4) is 11.5 Å². The van der Waals surface area contributed by atoms with Crippen LogP contribution < -0.4 is 0 Å². The minimum Gasteiger partial charge on any atom is -0.508 e. The minimum atomic E-state index is 0.304. The van der Waals surface area contributed by atoms with E-state index < -0.39 is 0 Å². The molecular formula is C17H19IO2. The lowest BCUT2D eigenvalue weighted by Gasteiger charge is -2.25. The van der Waals surface area contributed by atoms with E-state index in [0.717, 1.165) is 10.8 Å². The minimum absolute atomic E-state index is 0.304. The third-order valence-electron chi connectivity index (χ3n) is 3.73. The molecule has 0 aliphatic heterocycles. The van der Waals surface area contributed by atoms with Crippen LogP contribution in [0.3, 0.4) is 0 Å². The first kappa shape index (κ1) is 15.2. The molecule has 0 unspecified atom stereocenters. The van der Waals surface area contributed by atoms with E-state index in [0.29, 0.717) is 23.3 Å². The molecule has 0 bridgehead atoms. The zero-order chi connectivity index (χ0) is 14.5. The Kier molecular flexibility index (Phi) is 5.29. The maximum absolute atomic E-state index is 9.43. The number of aromatic hydroxyl groups is 2. The summed E-state index contributed by atoms with van der Waals surface area (Å²) in [7, 11) is 0. The predicted molar refractivity (Wildman–Crippen MR) is 90.9 cm³/mol.